The fourth-order valence-corrected chi connectivity index (χ4v) is 2.85. The summed E-state index contributed by atoms with van der Waals surface area (Å²) >= 11 is 1.42. The van der Waals surface area contributed by atoms with Gasteiger partial charge in [0.25, 0.3) is 0 Å². The zero-order valence-electron chi connectivity index (χ0n) is 7.39. The number of aromatic nitrogens is 1. The van der Waals surface area contributed by atoms with Crippen molar-refractivity contribution in [1.82, 2.24) is 9.71 Å². The van der Waals surface area contributed by atoms with E-state index in [0.717, 1.165) is 4.70 Å². The van der Waals surface area contributed by atoms with Gasteiger partial charge in [-0.3, -0.25) is 0 Å². The minimum atomic E-state index is -3.40. The van der Waals surface area contributed by atoms with Gasteiger partial charge in [-0.15, -0.1) is 11.3 Å². The molecule has 0 saturated heterocycles. The lowest BCUT2D eigenvalue weighted by atomic mass is 10.3. The molecule has 0 unspecified atom stereocenters. The van der Waals surface area contributed by atoms with E-state index in [1.54, 1.807) is 17.6 Å². The van der Waals surface area contributed by atoms with Gasteiger partial charge in [-0.05, 0) is 19.2 Å². The molecule has 0 aliphatic heterocycles. The highest BCUT2D eigenvalue weighted by Gasteiger charge is 2.16. The Hall–Kier alpha value is -0.980. The number of fused-ring (bicyclic) bond motifs is 1. The van der Waals surface area contributed by atoms with Crippen LogP contribution in [-0.4, -0.2) is 20.4 Å². The Bertz CT molecular complexity index is 559. The van der Waals surface area contributed by atoms with E-state index in [2.05, 4.69) is 9.71 Å². The van der Waals surface area contributed by atoms with Crippen molar-refractivity contribution in [1.29, 1.82) is 0 Å². The molecule has 1 aromatic carbocycles. The molecule has 1 N–H and O–H groups in total. The van der Waals surface area contributed by atoms with E-state index < -0.39 is 10.0 Å². The molecule has 2 aromatic rings. The summed E-state index contributed by atoms with van der Waals surface area (Å²) in [6.45, 7) is 0. The molecule has 0 fully saturated rings. The fourth-order valence-electron chi connectivity index (χ4n) is 1.19. The molecule has 14 heavy (non-hydrogen) atoms. The summed E-state index contributed by atoms with van der Waals surface area (Å²) in [5, 5.41) is 0. The highest BCUT2D eigenvalue weighted by molar-refractivity contribution is 7.89. The van der Waals surface area contributed by atoms with E-state index in [1.807, 2.05) is 6.07 Å². The maximum Gasteiger partial charge on any atom is 0.242 e. The maximum atomic E-state index is 11.6. The van der Waals surface area contributed by atoms with E-state index in [1.165, 1.54) is 18.4 Å². The fraction of sp³-hybridized carbons (Fsp3) is 0.125. The van der Waals surface area contributed by atoms with Crippen LogP contribution in [0, 0.1) is 0 Å². The monoisotopic (exact) mass is 228 g/mol. The number of hydrogen-bond acceptors (Lipinski definition) is 4. The van der Waals surface area contributed by atoms with E-state index >= 15 is 0 Å². The topological polar surface area (TPSA) is 59.1 Å². The van der Waals surface area contributed by atoms with Crippen LogP contribution in [0.15, 0.2) is 28.6 Å². The van der Waals surface area contributed by atoms with E-state index in [9.17, 15) is 8.42 Å². The van der Waals surface area contributed by atoms with Crippen LogP contribution in [0.1, 0.15) is 0 Å². The average Bonchev–Trinajstić information content (AvgIpc) is 2.64. The molecule has 0 aliphatic carbocycles. The number of para-hydroxylation sites is 1. The lowest BCUT2D eigenvalue weighted by Crippen LogP contribution is -2.18. The first-order valence-electron chi connectivity index (χ1n) is 3.91. The van der Waals surface area contributed by atoms with Crippen LogP contribution < -0.4 is 4.72 Å². The minimum Gasteiger partial charge on any atom is -0.243 e. The number of sulfonamides is 1. The van der Waals surface area contributed by atoms with Gasteiger partial charge in [0.1, 0.15) is 10.4 Å². The van der Waals surface area contributed by atoms with Crippen LogP contribution in [0.5, 0.6) is 0 Å². The molecule has 74 valence electrons. The molecule has 2 rings (SSSR count). The van der Waals surface area contributed by atoms with Gasteiger partial charge in [-0.25, -0.2) is 18.1 Å². The maximum absolute atomic E-state index is 11.6. The number of hydrogen-bond donors (Lipinski definition) is 1. The molecule has 0 bridgehead atoms. The van der Waals surface area contributed by atoms with Crippen molar-refractivity contribution >= 4 is 31.6 Å². The Morgan fingerprint density at radius 2 is 2.21 bits per heavy atom. The molecule has 0 radical (unpaired) electrons. The van der Waals surface area contributed by atoms with Crippen LogP contribution in [0.25, 0.3) is 10.2 Å². The smallest absolute Gasteiger partial charge is 0.242 e. The van der Waals surface area contributed by atoms with Crippen LogP contribution in [0.2, 0.25) is 0 Å². The molecular formula is C8H8N2O2S2. The Morgan fingerprint density at radius 3 is 2.93 bits per heavy atom. The summed E-state index contributed by atoms with van der Waals surface area (Å²) in [6, 6.07) is 5.11. The normalized spacial score (nSPS) is 12.1. The third-order valence-corrected chi connectivity index (χ3v) is 4.12. The third-order valence-electron chi connectivity index (χ3n) is 1.88. The van der Waals surface area contributed by atoms with Gasteiger partial charge >= 0.3 is 0 Å². The first-order valence-corrected chi connectivity index (χ1v) is 6.27. The Labute approximate surface area is 85.6 Å². The van der Waals surface area contributed by atoms with Gasteiger partial charge in [0.2, 0.25) is 10.0 Å². The molecule has 0 spiro atoms. The van der Waals surface area contributed by atoms with Crippen molar-refractivity contribution in [3.8, 4) is 0 Å². The van der Waals surface area contributed by atoms with Crippen molar-refractivity contribution in [3.05, 3.63) is 23.7 Å². The summed E-state index contributed by atoms with van der Waals surface area (Å²) in [7, 11) is -2.01. The Kier molecular flexibility index (Phi) is 2.26. The quantitative estimate of drug-likeness (QED) is 0.840. The van der Waals surface area contributed by atoms with Crippen LogP contribution in [-0.2, 0) is 10.0 Å². The predicted molar refractivity (Wildman–Crippen MR) is 55.9 cm³/mol. The number of thiazole rings is 1. The van der Waals surface area contributed by atoms with E-state index in [0.29, 0.717) is 5.52 Å². The second-order valence-electron chi connectivity index (χ2n) is 2.66. The standard InChI is InChI=1S/C8H8N2O2S2/c1-9-14(11,12)7-4-2-3-6-8(7)10-5-13-6/h2-5,9H,1H3. The van der Waals surface area contributed by atoms with E-state index in [-0.39, 0.29) is 4.90 Å². The SMILES string of the molecule is CNS(=O)(=O)c1cccc2scnc12. The molecule has 0 aliphatic rings. The second-order valence-corrected chi connectivity index (χ2v) is 5.40. The van der Waals surface area contributed by atoms with Crippen LogP contribution in [0.4, 0.5) is 0 Å². The lowest BCUT2D eigenvalue weighted by Gasteiger charge is -2.01. The molecule has 1 heterocycles. The lowest BCUT2D eigenvalue weighted by molar-refractivity contribution is 0.589. The third kappa shape index (κ3) is 1.41. The molecule has 0 saturated carbocycles. The van der Waals surface area contributed by atoms with Gasteiger partial charge in [0.15, 0.2) is 0 Å². The number of nitrogens with one attached hydrogen (secondary N) is 1. The summed E-state index contributed by atoms with van der Waals surface area (Å²) in [5.74, 6) is 0. The average molecular weight is 228 g/mol. The summed E-state index contributed by atoms with van der Waals surface area (Å²) in [5.41, 5.74) is 2.17. The highest BCUT2D eigenvalue weighted by atomic mass is 32.2. The van der Waals surface area contributed by atoms with Crippen LogP contribution >= 0.6 is 11.3 Å². The van der Waals surface area contributed by atoms with Crippen LogP contribution in [0.3, 0.4) is 0 Å². The number of nitrogens with zero attached hydrogens (tertiary/aromatic N) is 1. The number of benzene rings is 1. The highest BCUT2D eigenvalue weighted by Crippen LogP contribution is 2.24. The summed E-state index contributed by atoms with van der Waals surface area (Å²) in [4.78, 5) is 4.27. The van der Waals surface area contributed by atoms with Gasteiger partial charge in [-0.2, -0.15) is 0 Å². The first kappa shape index (κ1) is 9.57. The number of rotatable bonds is 2. The summed E-state index contributed by atoms with van der Waals surface area (Å²) in [6.07, 6.45) is 0. The van der Waals surface area contributed by atoms with Crippen molar-refractivity contribution < 1.29 is 8.42 Å². The van der Waals surface area contributed by atoms with Crippen molar-refractivity contribution in [2.45, 2.75) is 4.90 Å². The van der Waals surface area contributed by atoms with Crippen molar-refractivity contribution in [3.63, 3.8) is 0 Å². The van der Waals surface area contributed by atoms with Gasteiger partial charge in [-0.1, -0.05) is 6.07 Å². The minimum absolute atomic E-state index is 0.235. The molecule has 1 aromatic heterocycles. The molecule has 4 nitrogen and oxygen atoms in total. The summed E-state index contributed by atoms with van der Waals surface area (Å²) < 4.78 is 26.3. The van der Waals surface area contributed by atoms with Gasteiger partial charge in [0, 0.05) is 0 Å². The van der Waals surface area contributed by atoms with Crippen molar-refractivity contribution in [2.75, 3.05) is 7.05 Å². The zero-order valence-corrected chi connectivity index (χ0v) is 9.02. The van der Waals surface area contributed by atoms with Gasteiger partial charge < -0.3 is 0 Å². The largest absolute Gasteiger partial charge is 0.243 e. The molecule has 0 amide bonds. The van der Waals surface area contributed by atoms with Gasteiger partial charge in [0.05, 0.1) is 10.2 Å². The second kappa shape index (κ2) is 3.30. The Balaban J connectivity index is 2.81. The molecular weight excluding hydrogens is 220 g/mol. The van der Waals surface area contributed by atoms with E-state index in [4.69, 9.17) is 0 Å². The first-order chi connectivity index (χ1) is 6.65. The molecule has 6 heteroatoms. The zero-order chi connectivity index (χ0) is 10.2. The Morgan fingerprint density at radius 1 is 1.43 bits per heavy atom. The molecule has 0 atom stereocenters. The van der Waals surface area contributed by atoms with Crippen molar-refractivity contribution in [2.24, 2.45) is 0 Å². The predicted octanol–water partition coefficient (Wildman–Crippen LogP) is 1.20.